The van der Waals surface area contributed by atoms with E-state index in [1.54, 1.807) is 24.7 Å². The molecule has 2 rings (SSSR count). The van der Waals surface area contributed by atoms with Crippen molar-refractivity contribution in [1.82, 2.24) is 9.97 Å². The van der Waals surface area contributed by atoms with Crippen molar-refractivity contribution in [2.75, 3.05) is 0 Å². The van der Waals surface area contributed by atoms with Crippen molar-refractivity contribution < 1.29 is 32.7 Å². The van der Waals surface area contributed by atoms with Gasteiger partial charge in [0, 0.05) is 32.7 Å². The Balaban J connectivity index is 0.000000845. The molecule has 2 aromatic rings. The van der Waals surface area contributed by atoms with E-state index < -0.39 is 0 Å². The minimum atomic E-state index is 0. The van der Waals surface area contributed by atoms with Crippen molar-refractivity contribution in [3.63, 3.8) is 0 Å². The molecule has 0 fully saturated rings. The van der Waals surface area contributed by atoms with Gasteiger partial charge in [-0.25, -0.2) is 11.1 Å². The Hall–Kier alpha value is -0.596. The molecule has 0 aromatic carbocycles. The average molecular weight is 243 g/mol. The van der Waals surface area contributed by atoms with Gasteiger partial charge in [0.15, 0.2) is 0 Å². The van der Waals surface area contributed by atoms with E-state index >= 15 is 0 Å². The molecule has 0 N–H and O–H groups in total. The van der Waals surface area contributed by atoms with Crippen LogP contribution in [0.15, 0.2) is 36.8 Å². The number of pyridine rings is 2. The Morgan fingerprint density at radius 3 is 2.69 bits per heavy atom. The summed E-state index contributed by atoms with van der Waals surface area (Å²) >= 11 is 0. The molecule has 0 saturated heterocycles. The first-order valence-electron chi connectivity index (χ1n) is 3.61. The van der Waals surface area contributed by atoms with Crippen molar-refractivity contribution in [1.29, 1.82) is 0 Å². The number of nitrogens with zero attached hydrogens (tertiary/aromatic N) is 2. The van der Waals surface area contributed by atoms with Crippen LogP contribution in [-0.2, 0) is 32.7 Å². The largest absolute Gasteiger partial charge is 0.371 e. The molecule has 3 heteroatoms. The summed E-state index contributed by atoms with van der Waals surface area (Å²) < 4.78 is 0. The van der Waals surface area contributed by atoms with Crippen molar-refractivity contribution in [3.8, 4) is 11.1 Å². The van der Waals surface area contributed by atoms with Gasteiger partial charge < -0.3 is 9.97 Å². The molecule has 0 amide bonds. The first-order valence-corrected chi connectivity index (χ1v) is 3.61. The van der Waals surface area contributed by atoms with Crippen LogP contribution < -0.4 is 0 Å². The SMILES string of the molecule is [Y].[c-]1ncccc1-c1[c-]ccnc1. The normalized spacial score (nSPS) is 8.92. The molecule has 1 radical (unpaired) electrons. The second-order valence-electron chi connectivity index (χ2n) is 2.31. The molecule has 61 valence electrons. The van der Waals surface area contributed by atoms with E-state index in [2.05, 4.69) is 22.2 Å². The zero-order valence-corrected chi connectivity index (χ0v) is 9.77. The first-order chi connectivity index (χ1) is 5.97. The summed E-state index contributed by atoms with van der Waals surface area (Å²) in [6, 6.07) is 8.62. The maximum Gasteiger partial charge on any atom is 0 e. The summed E-state index contributed by atoms with van der Waals surface area (Å²) in [4.78, 5) is 7.87. The van der Waals surface area contributed by atoms with E-state index in [1.165, 1.54) is 0 Å². The summed E-state index contributed by atoms with van der Waals surface area (Å²) in [6.45, 7) is 0. The van der Waals surface area contributed by atoms with Crippen LogP contribution in [0.1, 0.15) is 0 Å². The molecule has 2 aromatic heterocycles. The third kappa shape index (κ3) is 2.68. The Morgan fingerprint density at radius 2 is 2.08 bits per heavy atom. The van der Waals surface area contributed by atoms with Crippen molar-refractivity contribution in [2.24, 2.45) is 0 Å². The fraction of sp³-hybridized carbons (Fsp3) is 0. The molecule has 13 heavy (non-hydrogen) atoms. The third-order valence-electron chi connectivity index (χ3n) is 1.50. The molecule has 0 aliphatic heterocycles. The summed E-state index contributed by atoms with van der Waals surface area (Å²) in [5, 5.41) is 0. The Kier molecular flexibility index (Phi) is 4.20. The summed E-state index contributed by atoms with van der Waals surface area (Å²) in [6.07, 6.45) is 8.00. The fourth-order valence-electron chi connectivity index (χ4n) is 0.949. The van der Waals surface area contributed by atoms with E-state index in [9.17, 15) is 0 Å². The number of hydrogen-bond acceptors (Lipinski definition) is 2. The molecule has 0 saturated carbocycles. The Bertz CT molecular complexity index is 310. The Morgan fingerprint density at radius 1 is 1.15 bits per heavy atom. The zero-order valence-electron chi connectivity index (χ0n) is 6.94. The first kappa shape index (κ1) is 10.5. The van der Waals surface area contributed by atoms with Crippen LogP contribution >= 0.6 is 0 Å². The third-order valence-corrected chi connectivity index (χ3v) is 1.50. The standard InChI is InChI=1S/C10H6N2.Y/c1-3-9(7-11-5-1)10-4-2-6-12-8-10;/h1-3,5-6,8H;/q-2;. The fourth-order valence-corrected chi connectivity index (χ4v) is 0.949. The van der Waals surface area contributed by atoms with Gasteiger partial charge in [-0.05, 0) is 0 Å². The van der Waals surface area contributed by atoms with Gasteiger partial charge in [0.05, 0.1) is 0 Å². The van der Waals surface area contributed by atoms with Crippen molar-refractivity contribution in [3.05, 3.63) is 49.1 Å². The number of aromatic nitrogens is 2. The molecule has 2 nitrogen and oxygen atoms in total. The van der Waals surface area contributed by atoms with Crippen LogP contribution in [-0.4, -0.2) is 9.97 Å². The maximum atomic E-state index is 3.98. The van der Waals surface area contributed by atoms with E-state index in [0.717, 1.165) is 11.1 Å². The topological polar surface area (TPSA) is 25.8 Å². The molecule has 0 unspecified atom stereocenters. The molecule has 0 atom stereocenters. The van der Waals surface area contributed by atoms with Gasteiger partial charge in [0.1, 0.15) is 0 Å². The minimum Gasteiger partial charge on any atom is -0.371 e. The van der Waals surface area contributed by atoms with Gasteiger partial charge in [-0.1, -0.05) is 24.8 Å². The quantitative estimate of drug-likeness (QED) is 0.713. The predicted molar refractivity (Wildman–Crippen MR) is 45.1 cm³/mol. The molecule has 0 spiro atoms. The smallest absolute Gasteiger partial charge is 0 e. The molecular formula is C10H6N2Y-2. The van der Waals surface area contributed by atoms with Crippen LogP contribution in [0.25, 0.3) is 11.1 Å². The van der Waals surface area contributed by atoms with Gasteiger partial charge in [-0.15, -0.1) is 12.1 Å². The number of rotatable bonds is 1. The number of hydrogen-bond donors (Lipinski definition) is 0. The molecule has 0 bridgehead atoms. The predicted octanol–water partition coefficient (Wildman–Crippen LogP) is 1.74. The summed E-state index contributed by atoms with van der Waals surface area (Å²) in [5.41, 5.74) is 1.84. The van der Waals surface area contributed by atoms with Crippen molar-refractivity contribution >= 4 is 0 Å². The second-order valence-corrected chi connectivity index (χ2v) is 2.31. The van der Waals surface area contributed by atoms with Crippen LogP contribution in [0.5, 0.6) is 0 Å². The summed E-state index contributed by atoms with van der Waals surface area (Å²) in [7, 11) is 0. The average Bonchev–Trinajstić information content (AvgIpc) is 2.21. The van der Waals surface area contributed by atoms with Crippen molar-refractivity contribution in [2.45, 2.75) is 0 Å². The second kappa shape index (κ2) is 5.20. The van der Waals surface area contributed by atoms with Crippen LogP contribution in [0.2, 0.25) is 0 Å². The van der Waals surface area contributed by atoms with Gasteiger partial charge >= 0.3 is 0 Å². The zero-order chi connectivity index (χ0) is 8.23. The van der Waals surface area contributed by atoms with Crippen LogP contribution in [0, 0.1) is 12.3 Å². The summed E-state index contributed by atoms with van der Waals surface area (Å²) in [5.74, 6) is 0. The molecular weight excluding hydrogens is 237 g/mol. The van der Waals surface area contributed by atoms with Gasteiger partial charge in [-0.3, -0.25) is 0 Å². The monoisotopic (exact) mass is 243 g/mol. The van der Waals surface area contributed by atoms with E-state index in [-0.39, 0.29) is 32.7 Å². The van der Waals surface area contributed by atoms with E-state index in [0.29, 0.717) is 0 Å². The van der Waals surface area contributed by atoms with E-state index in [4.69, 9.17) is 0 Å². The Labute approximate surface area is 102 Å². The maximum absolute atomic E-state index is 3.98. The van der Waals surface area contributed by atoms with Gasteiger partial charge in [0.25, 0.3) is 0 Å². The van der Waals surface area contributed by atoms with Gasteiger partial charge in [0.2, 0.25) is 0 Å². The molecule has 0 aliphatic rings. The van der Waals surface area contributed by atoms with Crippen LogP contribution in [0.3, 0.4) is 0 Å². The molecule has 0 aliphatic carbocycles. The van der Waals surface area contributed by atoms with Crippen LogP contribution in [0.4, 0.5) is 0 Å². The van der Waals surface area contributed by atoms with E-state index in [1.807, 2.05) is 12.1 Å². The minimum absolute atomic E-state index is 0. The van der Waals surface area contributed by atoms with Gasteiger partial charge in [-0.2, -0.15) is 12.1 Å². The molecule has 2 heterocycles.